The van der Waals surface area contributed by atoms with Crippen molar-refractivity contribution in [2.24, 2.45) is 5.73 Å². The smallest absolute Gasteiger partial charge is 0.0593 e. The molecule has 1 rings (SSSR count). The molecule has 1 saturated carbocycles. The number of rotatable bonds is 7. The maximum absolute atomic E-state index is 6.02. The first-order valence-electron chi connectivity index (χ1n) is 6.70. The Morgan fingerprint density at radius 2 is 2.24 bits per heavy atom. The van der Waals surface area contributed by atoms with Crippen molar-refractivity contribution < 1.29 is 9.47 Å². The lowest BCUT2D eigenvalue weighted by Crippen LogP contribution is -2.56. The first-order chi connectivity index (χ1) is 8.18. The van der Waals surface area contributed by atoms with Crippen LogP contribution in [0.15, 0.2) is 0 Å². The minimum Gasteiger partial charge on any atom is -0.381 e. The average Bonchev–Trinajstić information content (AvgIpc) is 2.38. The van der Waals surface area contributed by atoms with Crippen molar-refractivity contribution in [3.05, 3.63) is 0 Å². The highest BCUT2D eigenvalue weighted by Gasteiger charge is 2.38. The zero-order chi connectivity index (χ0) is 12.7. The summed E-state index contributed by atoms with van der Waals surface area (Å²) in [7, 11) is 3.96. The molecule has 0 saturated heterocycles. The molecule has 0 heterocycles. The number of likely N-dealkylation sites (N-methyl/N-ethyl adjacent to an activating group) is 1. The molecule has 4 heteroatoms. The highest BCUT2D eigenvalue weighted by atomic mass is 16.5. The first kappa shape index (κ1) is 14.9. The Morgan fingerprint density at radius 3 is 2.82 bits per heavy atom. The van der Waals surface area contributed by atoms with Gasteiger partial charge in [-0.15, -0.1) is 0 Å². The van der Waals surface area contributed by atoms with Crippen LogP contribution in [0.5, 0.6) is 0 Å². The summed E-state index contributed by atoms with van der Waals surface area (Å²) in [6.07, 6.45) is 4.95. The van der Waals surface area contributed by atoms with Gasteiger partial charge in [-0.1, -0.05) is 0 Å². The largest absolute Gasteiger partial charge is 0.381 e. The number of nitrogens with zero attached hydrogens (tertiary/aromatic N) is 1. The summed E-state index contributed by atoms with van der Waals surface area (Å²) >= 11 is 0. The van der Waals surface area contributed by atoms with Crippen LogP contribution >= 0.6 is 0 Å². The monoisotopic (exact) mass is 244 g/mol. The van der Waals surface area contributed by atoms with E-state index in [0.29, 0.717) is 12.6 Å². The third-order valence-electron chi connectivity index (χ3n) is 4.07. The molecule has 0 aliphatic heterocycles. The van der Waals surface area contributed by atoms with Crippen LogP contribution < -0.4 is 5.73 Å². The number of hydrogen-bond acceptors (Lipinski definition) is 4. The van der Waals surface area contributed by atoms with E-state index in [1.165, 1.54) is 12.8 Å². The van der Waals surface area contributed by atoms with Crippen LogP contribution in [0.25, 0.3) is 0 Å². The predicted octanol–water partition coefficient (Wildman–Crippen LogP) is 1.24. The van der Waals surface area contributed by atoms with E-state index < -0.39 is 0 Å². The molecule has 1 fully saturated rings. The number of nitrogens with two attached hydrogens (primary N) is 1. The van der Waals surface area contributed by atoms with E-state index in [2.05, 4.69) is 11.9 Å². The van der Waals surface area contributed by atoms with Gasteiger partial charge in [-0.05, 0) is 39.7 Å². The topological polar surface area (TPSA) is 47.7 Å². The van der Waals surface area contributed by atoms with E-state index in [-0.39, 0.29) is 5.54 Å². The minimum absolute atomic E-state index is 0.107. The zero-order valence-corrected chi connectivity index (χ0v) is 11.6. The van der Waals surface area contributed by atoms with Crippen LogP contribution in [0.4, 0.5) is 0 Å². The lowest BCUT2D eigenvalue weighted by Gasteiger charge is -2.46. The fourth-order valence-electron chi connectivity index (χ4n) is 2.76. The molecule has 0 aromatic carbocycles. The zero-order valence-electron chi connectivity index (χ0n) is 11.6. The second kappa shape index (κ2) is 7.31. The van der Waals surface area contributed by atoms with Gasteiger partial charge < -0.3 is 15.2 Å². The molecule has 1 aliphatic carbocycles. The summed E-state index contributed by atoms with van der Waals surface area (Å²) in [6, 6.07) is 0. The summed E-state index contributed by atoms with van der Waals surface area (Å²) in [6.45, 7) is 5.24. The average molecular weight is 244 g/mol. The molecule has 2 atom stereocenters. The summed E-state index contributed by atoms with van der Waals surface area (Å²) < 4.78 is 10.9. The maximum Gasteiger partial charge on any atom is 0.0593 e. The molecule has 0 aromatic heterocycles. The molecule has 0 bridgehead atoms. The highest BCUT2D eigenvalue weighted by molar-refractivity contribution is 4.96. The lowest BCUT2D eigenvalue weighted by atomic mass is 9.79. The Labute approximate surface area is 105 Å². The number of hydrogen-bond donors (Lipinski definition) is 1. The van der Waals surface area contributed by atoms with Crippen molar-refractivity contribution in [2.75, 3.05) is 40.5 Å². The normalized spacial score (nSPS) is 29.8. The van der Waals surface area contributed by atoms with Crippen molar-refractivity contribution in [3.8, 4) is 0 Å². The predicted molar refractivity (Wildman–Crippen MR) is 70.2 cm³/mol. The Hall–Kier alpha value is -0.160. The quantitative estimate of drug-likeness (QED) is 0.685. The fraction of sp³-hybridized carbons (Fsp3) is 1.00. The van der Waals surface area contributed by atoms with Crippen LogP contribution in [0.1, 0.15) is 32.6 Å². The molecule has 0 radical (unpaired) electrons. The van der Waals surface area contributed by atoms with E-state index in [4.69, 9.17) is 15.2 Å². The molecule has 4 nitrogen and oxygen atoms in total. The third kappa shape index (κ3) is 3.91. The third-order valence-corrected chi connectivity index (χ3v) is 4.07. The molecular formula is C13H28N2O2. The van der Waals surface area contributed by atoms with Crippen molar-refractivity contribution in [1.82, 2.24) is 4.90 Å². The van der Waals surface area contributed by atoms with E-state index in [1.54, 1.807) is 7.11 Å². The van der Waals surface area contributed by atoms with Gasteiger partial charge >= 0.3 is 0 Å². The Morgan fingerprint density at radius 1 is 1.47 bits per heavy atom. The van der Waals surface area contributed by atoms with Crippen molar-refractivity contribution in [2.45, 2.75) is 44.2 Å². The van der Waals surface area contributed by atoms with Gasteiger partial charge in [-0.3, -0.25) is 4.90 Å². The number of methoxy groups -OCH3 is 1. The SMILES string of the molecule is CCOCCN(C)C1(CN)CCCC(OC)C1. The van der Waals surface area contributed by atoms with Crippen molar-refractivity contribution in [1.29, 1.82) is 0 Å². The van der Waals surface area contributed by atoms with E-state index >= 15 is 0 Å². The molecule has 2 N–H and O–H groups in total. The Kier molecular flexibility index (Phi) is 6.41. The van der Waals surface area contributed by atoms with Crippen LogP contribution in [-0.4, -0.2) is 57.0 Å². The van der Waals surface area contributed by atoms with Crippen LogP contribution in [0.3, 0.4) is 0 Å². The molecule has 0 spiro atoms. The molecule has 17 heavy (non-hydrogen) atoms. The highest BCUT2D eigenvalue weighted by Crippen LogP contribution is 2.33. The van der Waals surface area contributed by atoms with Crippen LogP contribution in [-0.2, 0) is 9.47 Å². The second-order valence-electron chi connectivity index (χ2n) is 5.00. The first-order valence-corrected chi connectivity index (χ1v) is 6.70. The summed E-state index contributed by atoms with van der Waals surface area (Å²) in [5.41, 5.74) is 6.13. The van der Waals surface area contributed by atoms with Crippen molar-refractivity contribution in [3.63, 3.8) is 0 Å². The van der Waals surface area contributed by atoms with Gasteiger partial charge in [0.25, 0.3) is 0 Å². The van der Waals surface area contributed by atoms with Gasteiger partial charge in [-0.2, -0.15) is 0 Å². The molecule has 0 aromatic rings. The van der Waals surface area contributed by atoms with Gasteiger partial charge in [0.05, 0.1) is 12.7 Å². The minimum atomic E-state index is 0.107. The second-order valence-corrected chi connectivity index (χ2v) is 5.00. The van der Waals surface area contributed by atoms with Crippen molar-refractivity contribution >= 4 is 0 Å². The summed E-state index contributed by atoms with van der Waals surface area (Å²) in [5.74, 6) is 0. The van der Waals surface area contributed by atoms with Gasteiger partial charge in [-0.25, -0.2) is 0 Å². The van der Waals surface area contributed by atoms with Crippen LogP contribution in [0.2, 0.25) is 0 Å². The molecule has 1 aliphatic rings. The molecule has 0 amide bonds. The summed E-state index contributed by atoms with van der Waals surface area (Å²) in [5, 5.41) is 0. The van der Waals surface area contributed by atoms with E-state index in [9.17, 15) is 0 Å². The fourth-order valence-corrected chi connectivity index (χ4v) is 2.76. The molecule has 102 valence electrons. The van der Waals surface area contributed by atoms with E-state index in [1.807, 2.05) is 6.92 Å². The standard InChI is InChI=1S/C13H28N2O2/c1-4-17-9-8-15(2)13(11-14)7-5-6-12(10-13)16-3/h12H,4-11,14H2,1-3H3. The van der Waals surface area contributed by atoms with Gasteiger partial charge in [0.2, 0.25) is 0 Å². The Balaban J connectivity index is 2.53. The molecule has 2 unspecified atom stereocenters. The maximum atomic E-state index is 6.02. The summed E-state index contributed by atoms with van der Waals surface area (Å²) in [4.78, 5) is 2.37. The van der Waals surface area contributed by atoms with Gasteiger partial charge in [0.15, 0.2) is 0 Å². The van der Waals surface area contributed by atoms with E-state index in [0.717, 1.165) is 32.6 Å². The van der Waals surface area contributed by atoms with Crippen LogP contribution in [0, 0.1) is 0 Å². The number of ether oxygens (including phenoxy) is 2. The van der Waals surface area contributed by atoms with Gasteiger partial charge in [0, 0.05) is 32.3 Å². The van der Waals surface area contributed by atoms with Gasteiger partial charge in [0.1, 0.15) is 0 Å². The Bertz CT molecular complexity index is 214. The molecular weight excluding hydrogens is 216 g/mol. The lowest BCUT2D eigenvalue weighted by molar-refractivity contribution is -0.0206.